The SMILES string of the molecule is C/C=C/C(C#N)(CCC(=O)OC)C(=O)OC. The van der Waals surface area contributed by atoms with Crippen molar-refractivity contribution < 1.29 is 19.1 Å². The minimum atomic E-state index is -1.41. The van der Waals surface area contributed by atoms with Crippen LogP contribution in [0.3, 0.4) is 0 Å². The van der Waals surface area contributed by atoms with E-state index in [2.05, 4.69) is 9.47 Å². The van der Waals surface area contributed by atoms with E-state index in [0.717, 1.165) is 0 Å². The lowest BCUT2D eigenvalue weighted by Crippen LogP contribution is -2.29. The van der Waals surface area contributed by atoms with Gasteiger partial charge in [-0.1, -0.05) is 12.2 Å². The van der Waals surface area contributed by atoms with Gasteiger partial charge in [-0.2, -0.15) is 5.26 Å². The second-order valence-electron chi connectivity index (χ2n) is 3.15. The zero-order valence-corrected chi connectivity index (χ0v) is 9.65. The summed E-state index contributed by atoms with van der Waals surface area (Å²) in [5, 5.41) is 9.04. The summed E-state index contributed by atoms with van der Waals surface area (Å²) in [7, 11) is 2.46. The maximum Gasteiger partial charge on any atom is 0.330 e. The third-order valence-electron chi connectivity index (χ3n) is 2.15. The zero-order chi connectivity index (χ0) is 12.6. The number of rotatable bonds is 5. The van der Waals surface area contributed by atoms with Crippen molar-refractivity contribution >= 4 is 11.9 Å². The number of esters is 2. The largest absolute Gasteiger partial charge is 0.469 e. The van der Waals surface area contributed by atoms with Gasteiger partial charge in [0.25, 0.3) is 0 Å². The first-order chi connectivity index (χ1) is 7.56. The predicted molar refractivity (Wildman–Crippen MR) is 56.1 cm³/mol. The number of carbonyl (C=O) groups is 2. The molecule has 0 rings (SSSR count). The number of ether oxygens (including phenoxy) is 2. The first kappa shape index (κ1) is 14.2. The van der Waals surface area contributed by atoms with Crippen molar-refractivity contribution in [2.75, 3.05) is 14.2 Å². The molecule has 0 aliphatic rings. The van der Waals surface area contributed by atoms with Crippen molar-refractivity contribution in [3.63, 3.8) is 0 Å². The van der Waals surface area contributed by atoms with Crippen molar-refractivity contribution in [2.24, 2.45) is 5.41 Å². The molecule has 5 nitrogen and oxygen atoms in total. The molecule has 0 amide bonds. The molecule has 0 fully saturated rings. The highest BCUT2D eigenvalue weighted by Gasteiger charge is 2.37. The Morgan fingerprint density at radius 3 is 2.38 bits per heavy atom. The van der Waals surface area contributed by atoms with Crippen LogP contribution in [0, 0.1) is 16.7 Å². The molecule has 0 bridgehead atoms. The molecule has 0 radical (unpaired) electrons. The van der Waals surface area contributed by atoms with Gasteiger partial charge in [-0.3, -0.25) is 4.79 Å². The molecule has 0 aromatic rings. The fourth-order valence-corrected chi connectivity index (χ4v) is 1.26. The Labute approximate surface area is 94.6 Å². The fourth-order valence-electron chi connectivity index (χ4n) is 1.26. The third-order valence-corrected chi connectivity index (χ3v) is 2.15. The van der Waals surface area contributed by atoms with E-state index in [4.69, 9.17) is 5.26 Å². The van der Waals surface area contributed by atoms with Crippen LogP contribution in [-0.2, 0) is 19.1 Å². The number of nitriles is 1. The summed E-state index contributed by atoms with van der Waals surface area (Å²) in [6.45, 7) is 1.69. The maximum atomic E-state index is 11.5. The van der Waals surface area contributed by atoms with Gasteiger partial charge in [-0.25, -0.2) is 4.79 Å². The van der Waals surface area contributed by atoms with Gasteiger partial charge < -0.3 is 9.47 Å². The Kier molecular flexibility index (Phi) is 5.86. The van der Waals surface area contributed by atoms with Gasteiger partial charge in [0.05, 0.1) is 20.3 Å². The molecule has 88 valence electrons. The number of hydrogen-bond acceptors (Lipinski definition) is 5. The van der Waals surface area contributed by atoms with E-state index in [1.807, 2.05) is 6.07 Å². The Morgan fingerprint density at radius 1 is 1.38 bits per heavy atom. The van der Waals surface area contributed by atoms with Crippen molar-refractivity contribution in [1.82, 2.24) is 0 Å². The molecule has 0 saturated heterocycles. The van der Waals surface area contributed by atoms with E-state index in [1.54, 1.807) is 13.0 Å². The first-order valence-corrected chi connectivity index (χ1v) is 4.76. The zero-order valence-electron chi connectivity index (χ0n) is 9.65. The Balaban J connectivity index is 4.87. The van der Waals surface area contributed by atoms with E-state index in [9.17, 15) is 9.59 Å². The van der Waals surface area contributed by atoms with Crippen LogP contribution in [-0.4, -0.2) is 26.2 Å². The minimum Gasteiger partial charge on any atom is -0.469 e. The maximum absolute atomic E-state index is 11.5. The fraction of sp³-hybridized carbons (Fsp3) is 0.545. The van der Waals surface area contributed by atoms with Crippen LogP contribution in [0.5, 0.6) is 0 Å². The number of nitrogens with zero attached hydrogens (tertiary/aromatic N) is 1. The second kappa shape index (κ2) is 6.62. The molecule has 0 aromatic heterocycles. The average molecular weight is 225 g/mol. The second-order valence-corrected chi connectivity index (χ2v) is 3.15. The Morgan fingerprint density at radius 2 is 2.00 bits per heavy atom. The van der Waals surface area contributed by atoms with E-state index in [1.165, 1.54) is 20.3 Å². The Hall–Kier alpha value is -1.83. The molecule has 1 unspecified atom stereocenters. The van der Waals surface area contributed by atoms with Crippen LogP contribution in [0.1, 0.15) is 19.8 Å². The lowest BCUT2D eigenvalue weighted by Gasteiger charge is -2.18. The molecule has 0 aliphatic carbocycles. The van der Waals surface area contributed by atoms with Crippen molar-refractivity contribution in [1.29, 1.82) is 5.26 Å². The average Bonchev–Trinajstić information content (AvgIpc) is 2.33. The van der Waals surface area contributed by atoms with Crippen LogP contribution in [0.4, 0.5) is 0 Å². The molecule has 0 spiro atoms. The van der Waals surface area contributed by atoms with E-state index in [-0.39, 0.29) is 12.8 Å². The normalized spacial score (nSPS) is 13.9. The highest BCUT2D eigenvalue weighted by Crippen LogP contribution is 2.27. The van der Waals surface area contributed by atoms with Gasteiger partial charge in [-0.05, 0) is 13.3 Å². The van der Waals surface area contributed by atoms with Gasteiger partial charge in [0, 0.05) is 6.42 Å². The molecule has 0 saturated carbocycles. The summed E-state index contributed by atoms with van der Waals surface area (Å²) >= 11 is 0. The number of methoxy groups -OCH3 is 2. The number of allylic oxidation sites excluding steroid dienone is 1. The lowest BCUT2D eigenvalue weighted by atomic mass is 9.84. The van der Waals surface area contributed by atoms with Gasteiger partial charge in [0.1, 0.15) is 0 Å². The van der Waals surface area contributed by atoms with Crippen LogP contribution >= 0.6 is 0 Å². The van der Waals surface area contributed by atoms with Gasteiger partial charge in [-0.15, -0.1) is 0 Å². The summed E-state index contributed by atoms with van der Waals surface area (Å²) in [5.74, 6) is -1.13. The topological polar surface area (TPSA) is 76.4 Å². The molecule has 0 N–H and O–H groups in total. The van der Waals surface area contributed by atoms with Gasteiger partial charge in [0.15, 0.2) is 5.41 Å². The van der Waals surface area contributed by atoms with Crippen LogP contribution < -0.4 is 0 Å². The summed E-state index contributed by atoms with van der Waals surface area (Å²) in [6, 6.07) is 1.88. The standard InChI is InChI=1S/C11H15NO4/c1-4-6-11(8-12,10(14)16-3)7-5-9(13)15-2/h4,6H,5,7H2,1-3H3/b6-4+. The van der Waals surface area contributed by atoms with Crippen LogP contribution in [0.25, 0.3) is 0 Å². The van der Waals surface area contributed by atoms with E-state index < -0.39 is 17.4 Å². The molecule has 16 heavy (non-hydrogen) atoms. The quantitative estimate of drug-likeness (QED) is 0.519. The lowest BCUT2D eigenvalue weighted by molar-refractivity contribution is -0.148. The molecular formula is C11H15NO4. The Bertz CT molecular complexity index is 329. The highest BCUT2D eigenvalue weighted by molar-refractivity contribution is 5.83. The monoisotopic (exact) mass is 225 g/mol. The number of hydrogen-bond donors (Lipinski definition) is 0. The van der Waals surface area contributed by atoms with Crippen LogP contribution in [0.15, 0.2) is 12.2 Å². The number of carbonyl (C=O) groups excluding carboxylic acids is 2. The molecule has 0 heterocycles. The predicted octanol–water partition coefficient (Wildman–Crippen LogP) is 1.20. The van der Waals surface area contributed by atoms with E-state index >= 15 is 0 Å². The van der Waals surface area contributed by atoms with Gasteiger partial charge in [0.2, 0.25) is 0 Å². The third kappa shape index (κ3) is 3.39. The summed E-state index contributed by atoms with van der Waals surface area (Å²) < 4.78 is 9.02. The van der Waals surface area contributed by atoms with E-state index in [0.29, 0.717) is 0 Å². The molecular weight excluding hydrogens is 210 g/mol. The molecule has 0 aliphatic heterocycles. The summed E-state index contributed by atoms with van der Waals surface area (Å²) in [4.78, 5) is 22.5. The summed E-state index contributed by atoms with van der Waals surface area (Å²) in [6.07, 6.45) is 3.05. The highest BCUT2D eigenvalue weighted by atomic mass is 16.5. The summed E-state index contributed by atoms with van der Waals surface area (Å²) in [5.41, 5.74) is -1.41. The molecule has 5 heteroatoms. The smallest absolute Gasteiger partial charge is 0.330 e. The van der Waals surface area contributed by atoms with Crippen molar-refractivity contribution in [2.45, 2.75) is 19.8 Å². The minimum absolute atomic E-state index is 0.0104. The first-order valence-electron chi connectivity index (χ1n) is 4.76. The molecule has 0 aromatic carbocycles. The van der Waals surface area contributed by atoms with Crippen molar-refractivity contribution in [3.05, 3.63) is 12.2 Å². The van der Waals surface area contributed by atoms with Gasteiger partial charge >= 0.3 is 11.9 Å². The van der Waals surface area contributed by atoms with Crippen molar-refractivity contribution in [3.8, 4) is 6.07 Å². The van der Waals surface area contributed by atoms with Crippen LogP contribution in [0.2, 0.25) is 0 Å². The molecule has 1 atom stereocenters.